The van der Waals surface area contributed by atoms with Gasteiger partial charge in [-0.05, 0) is 19.3 Å². The van der Waals surface area contributed by atoms with E-state index in [1.54, 1.807) is 0 Å². The van der Waals surface area contributed by atoms with Crippen molar-refractivity contribution >= 4 is 0 Å². The molecule has 0 aromatic carbocycles. The van der Waals surface area contributed by atoms with Gasteiger partial charge in [-0.2, -0.15) is 0 Å². The summed E-state index contributed by atoms with van der Waals surface area (Å²) in [6, 6.07) is 0.556. The van der Waals surface area contributed by atoms with Crippen molar-refractivity contribution in [3.8, 4) is 0 Å². The van der Waals surface area contributed by atoms with Gasteiger partial charge in [0.25, 0.3) is 0 Å². The van der Waals surface area contributed by atoms with Crippen LogP contribution >= 0.6 is 0 Å². The fourth-order valence-electron chi connectivity index (χ4n) is 1.30. The predicted molar refractivity (Wildman–Crippen MR) is 41.8 cm³/mol. The number of piperidine rings is 1. The molecule has 58 valence electrons. The van der Waals surface area contributed by atoms with Crippen molar-refractivity contribution in [1.29, 1.82) is 0 Å². The van der Waals surface area contributed by atoms with Crippen LogP contribution in [-0.2, 0) is 0 Å². The molecule has 0 amide bonds. The van der Waals surface area contributed by atoms with Crippen LogP contribution in [0.1, 0.15) is 19.3 Å². The second-order valence-electron chi connectivity index (χ2n) is 2.86. The van der Waals surface area contributed by atoms with E-state index >= 15 is 0 Å². The first-order valence-corrected chi connectivity index (χ1v) is 3.85. The minimum Gasteiger partial charge on any atom is -0.392 e. The van der Waals surface area contributed by atoms with Gasteiger partial charge in [0.15, 0.2) is 0 Å². The molecule has 1 rings (SSSR count). The maximum Gasteiger partial charge on any atom is 0.0665 e. The van der Waals surface area contributed by atoms with E-state index in [1.165, 1.54) is 0 Å². The second kappa shape index (κ2) is 3.74. The maximum absolute atomic E-state index is 9.11. The average Bonchev–Trinajstić information content (AvgIpc) is 1.95. The molecule has 2 nitrogen and oxygen atoms in total. The van der Waals surface area contributed by atoms with Crippen molar-refractivity contribution in [3.63, 3.8) is 0 Å². The van der Waals surface area contributed by atoms with Gasteiger partial charge in [0.05, 0.1) is 6.10 Å². The topological polar surface area (TPSA) is 32.3 Å². The fourth-order valence-corrected chi connectivity index (χ4v) is 1.30. The molecule has 0 spiro atoms. The Morgan fingerprint density at radius 1 is 1.60 bits per heavy atom. The Balaban J connectivity index is 2.19. The third kappa shape index (κ3) is 2.12. The molecule has 0 aromatic rings. The largest absolute Gasteiger partial charge is 0.392 e. The van der Waals surface area contributed by atoms with Gasteiger partial charge >= 0.3 is 0 Å². The van der Waals surface area contributed by atoms with Gasteiger partial charge in [0.2, 0.25) is 0 Å². The van der Waals surface area contributed by atoms with Crippen LogP contribution < -0.4 is 5.32 Å². The second-order valence-corrected chi connectivity index (χ2v) is 2.86. The zero-order chi connectivity index (χ0) is 7.40. The molecular weight excluding hydrogens is 126 g/mol. The van der Waals surface area contributed by atoms with Crippen molar-refractivity contribution in [1.82, 2.24) is 5.32 Å². The lowest BCUT2D eigenvalue weighted by Crippen LogP contribution is -2.41. The quantitative estimate of drug-likeness (QED) is 0.554. The Morgan fingerprint density at radius 2 is 2.40 bits per heavy atom. The van der Waals surface area contributed by atoms with Crippen LogP contribution in [0.25, 0.3) is 0 Å². The van der Waals surface area contributed by atoms with Gasteiger partial charge in [0, 0.05) is 12.6 Å². The number of aliphatic hydroxyl groups is 1. The first-order chi connectivity index (χ1) is 4.83. The van der Waals surface area contributed by atoms with Crippen molar-refractivity contribution in [2.45, 2.75) is 31.4 Å². The van der Waals surface area contributed by atoms with Crippen LogP contribution in [0.4, 0.5) is 0 Å². The highest BCUT2D eigenvalue weighted by Gasteiger charge is 2.16. The summed E-state index contributed by atoms with van der Waals surface area (Å²) >= 11 is 0. The van der Waals surface area contributed by atoms with E-state index in [0.29, 0.717) is 6.04 Å². The summed E-state index contributed by atoms with van der Waals surface area (Å²) in [7, 11) is 0. The number of β-amino-alcohol motifs (C(OH)–C–C–N with tert-alkyl or cyclic N) is 1. The summed E-state index contributed by atoms with van der Waals surface area (Å²) in [6.45, 7) is 4.42. The molecular formula is C8H15NO. The third-order valence-electron chi connectivity index (χ3n) is 1.94. The minimum atomic E-state index is -0.124. The number of hydrogen-bond acceptors (Lipinski definition) is 2. The highest BCUT2D eigenvalue weighted by atomic mass is 16.3. The Kier molecular flexibility index (Phi) is 2.90. The summed E-state index contributed by atoms with van der Waals surface area (Å²) in [5.74, 6) is 0. The summed E-state index contributed by atoms with van der Waals surface area (Å²) < 4.78 is 0. The van der Waals surface area contributed by atoms with Gasteiger partial charge in [-0.1, -0.05) is 6.08 Å². The minimum absolute atomic E-state index is 0.124. The lowest BCUT2D eigenvalue weighted by Gasteiger charge is -2.25. The highest BCUT2D eigenvalue weighted by molar-refractivity contribution is 4.83. The molecule has 0 aromatic heterocycles. The molecule has 1 heterocycles. The number of rotatable bonds is 2. The number of aliphatic hydroxyl groups excluding tert-OH is 1. The van der Waals surface area contributed by atoms with Gasteiger partial charge < -0.3 is 10.4 Å². The van der Waals surface area contributed by atoms with Gasteiger partial charge in [-0.15, -0.1) is 6.58 Å². The molecule has 2 N–H and O–H groups in total. The van der Waals surface area contributed by atoms with Crippen molar-refractivity contribution in [2.75, 3.05) is 6.54 Å². The van der Waals surface area contributed by atoms with Crippen LogP contribution in [0, 0.1) is 0 Å². The molecule has 0 unspecified atom stereocenters. The Labute approximate surface area is 61.9 Å². The molecule has 0 saturated carbocycles. The number of hydrogen-bond donors (Lipinski definition) is 2. The summed E-state index contributed by atoms with van der Waals surface area (Å²) in [5, 5.41) is 12.4. The van der Waals surface area contributed by atoms with E-state index in [4.69, 9.17) is 5.11 Å². The fraction of sp³-hybridized carbons (Fsp3) is 0.750. The third-order valence-corrected chi connectivity index (χ3v) is 1.94. The molecule has 2 heteroatoms. The molecule has 1 aliphatic rings. The van der Waals surface area contributed by atoms with Gasteiger partial charge in [-0.3, -0.25) is 0 Å². The Hall–Kier alpha value is -0.340. The molecule has 0 aliphatic carbocycles. The highest BCUT2D eigenvalue weighted by Crippen LogP contribution is 2.10. The Bertz CT molecular complexity index is 106. The monoisotopic (exact) mass is 141 g/mol. The van der Waals surface area contributed by atoms with E-state index in [-0.39, 0.29) is 6.10 Å². The van der Waals surface area contributed by atoms with Gasteiger partial charge in [0.1, 0.15) is 0 Å². The normalized spacial score (nSPS) is 33.7. The van der Waals surface area contributed by atoms with Crippen LogP contribution in [-0.4, -0.2) is 23.8 Å². The first-order valence-electron chi connectivity index (χ1n) is 3.85. The zero-order valence-electron chi connectivity index (χ0n) is 6.21. The van der Waals surface area contributed by atoms with E-state index < -0.39 is 0 Å². The SMILES string of the molecule is C=CC[C@@H]1CC[C@H](O)CN1. The van der Waals surface area contributed by atoms with Gasteiger partial charge in [-0.25, -0.2) is 0 Å². The van der Waals surface area contributed by atoms with E-state index in [0.717, 1.165) is 25.8 Å². The standard InChI is InChI=1S/C8H15NO/c1-2-3-7-4-5-8(10)6-9-7/h2,7-10H,1,3-6H2/t7-,8+/m1/s1. The lowest BCUT2D eigenvalue weighted by atomic mass is 10.0. The molecule has 2 atom stereocenters. The summed E-state index contributed by atoms with van der Waals surface area (Å²) in [4.78, 5) is 0. The van der Waals surface area contributed by atoms with Crippen molar-refractivity contribution in [2.24, 2.45) is 0 Å². The molecule has 0 radical (unpaired) electrons. The molecule has 1 fully saturated rings. The van der Waals surface area contributed by atoms with E-state index in [2.05, 4.69) is 11.9 Å². The smallest absolute Gasteiger partial charge is 0.0665 e. The molecule has 1 saturated heterocycles. The average molecular weight is 141 g/mol. The van der Waals surface area contributed by atoms with Crippen LogP contribution in [0.2, 0.25) is 0 Å². The zero-order valence-corrected chi connectivity index (χ0v) is 6.21. The van der Waals surface area contributed by atoms with Crippen LogP contribution in [0.5, 0.6) is 0 Å². The van der Waals surface area contributed by atoms with Crippen LogP contribution in [0.15, 0.2) is 12.7 Å². The molecule has 10 heavy (non-hydrogen) atoms. The first kappa shape index (κ1) is 7.76. The van der Waals surface area contributed by atoms with Crippen molar-refractivity contribution in [3.05, 3.63) is 12.7 Å². The lowest BCUT2D eigenvalue weighted by molar-refractivity contribution is 0.127. The Morgan fingerprint density at radius 3 is 2.90 bits per heavy atom. The molecule has 1 aliphatic heterocycles. The number of nitrogens with one attached hydrogen (secondary N) is 1. The van der Waals surface area contributed by atoms with Crippen molar-refractivity contribution < 1.29 is 5.11 Å². The van der Waals surface area contributed by atoms with E-state index in [1.807, 2.05) is 6.08 Å². The maximum atomic E-state index is 9.11. The summed E-state index contributed by atoms with van der Waals surface area (Å²) in [6.07, 6.45) is 4.84. The predicted octanol–water partition coefficient (Wildman–Crippen LogP) is 0.675. The van der Waals surface area contributed by atoms with Crippen LogP contribution in [0.3, 0.4) is 0 Å². The van der Waals surface area contributed by atoms with E-state index in [9.17, 15) is 0 Å². The summed E-state index contributed by atoms with van der Waals surface area (Å²) in [5.41, 5.74) is 0. The molecule has 0 bridgehead atoms.